The topological polar surface area (TPSA) is 9.23 Å². The molecule has 0 aromatic carbocycles. The van der Waals surface area contributed by atoms with Crippen molar-refractivity contribution in [1.82, 2.24) is 0 Å². The summed E-state index contributed by atoms with van der Waals surface area (Å²) < 4.78 is 177. The van der Waals surface area contributed by atoms with Crippen molar-refractivity contribution in [2.75, 3.05) is 0 Å². The highest BCUT2D eigenvalue weighted by Crippen LogP contribution is 2.62. The van der Waals surface area contributed by atoms with Crippen molar-refractivity contribution >= 4 is 63.7 Å². The van der Waals surface area contributed by atoms with Gasteiger partial charge >= 0.3 is 36.4 Å². The minimum atomic E-state index is -6.82. The van der Waals surface area contributed by atoms with Crippen LogP contribution < -0.4 is 0 Å². The van der Waals surface area contributed by atoms with Gasteiger partial charge in [-0.1, -0.05) is 63.7 Å². The number of hydrogen-bond donors (Lipinski definition) is 0. The van der Waals surface area contributed by atoms with Gasteiger partial charge in [-0.05, 0) is 0 Å². The first-order chi connectivity index (χ1) is 12.1. The van der Waals surface area contributed by atoms with Crippen LogP contribution >= 0.6 is 63.7 Å². The summed E-state index contributed by atoms with van der Waals surface area (Å²) in [6, 6.07) is 0. The molecule has 0 bridgehead atoms. The first-order valence-electron chi connectivity index (χ1n) is 6.22. The minimum Gasteiger partial charge on any atom is -0.290 e. The molecule has 0 aromatic rings. The van der Waals surface area contributed by atoms with E-state index in [4.69, 9.17) is 0 Å². The molecule has 29 heavy (non-hydrogen) atoms. The molecule has 176 valence electrons. The van der Waals surface area contributed by atoms with Crippen molar-refractivity contribution in [3.63, 3.8) is 0 Å². The average Bonchev–Trinajstić information content (AvgIpc) is 2.28. The van der Waals surface area contributed by atoms with Gasteiger partial charge in [-0.25, -0.2) is 0 Å². The van der Waals surface area contributed by atoms with E-state index in [1.807, 2.05) is 0 Å². The second-order valence-electron chi connectivity index (χ2n) is 5.28. The van der Waals surface area contributed by atoms with E-state index in [1.165, 1.54) is 63.7 Å². The van der Waals surface area contributed by atoms with Crippen LogP contribution in [0.5, 0.6) is 0 Å². The van der Waals surface area contributed by atoms with Crippen molar-refractivity contribution < 1.29 is 66.2 Å². The Hall–Kier alpha value is 0.900. The van der Waals surface area contributed by atoms with Gasteiger partial charge in [0.1, 0.15) is 0 Å². The van der Waals surface area contributed by atoms with Crippen molar-refractivity contribution in [3.8, 4) is 0 Å². The van der Waals surface area contributed by atoms with E-state index in [9.17, 15) is 61.5 Å². The minimum absolute atomic E-state index is 1.51. The van der Waals surface area contributed by atoms with Gasteiger partial charge < -0.3 is 0 Å². The molecule has 0 radical (unpaired) electrons. The Kier molecular flexibility index (Phi) is 8.61. The predicted octanol–water partition coefficient (Wildman–Crippen LogP) is 8.34. The molecule has 0 aromatic heterocycles. The predicted molar refractivity (Wildman–Crippen MR) is 83.4 cm³/mol. The van der Waals surface area contributed by atoms with Crippen LogP contribution in [0.2, 0.25) is 0 Å². The van der Waals surface area contributed by atoms with E-state index in [2.05, 4.69) is 4.74 Å². The highest BCUT2D eigenvalue weighted by Gasteiger charge is 2.80. The molecule has 0 saturated heterocycles. The molecule has 2 atom stereocenters. The Labute approximate surface area is 185 Å². The molecule has 0 aliphatic carbocycles. The maximum Gasteiger partial charge on any atom is 0.450 e. The van der Waals surface area contributed by atoms with Gasteiger partial charge in [-0.3, -0.25) is 4.74 Å². The van der Waals surface area contributed by atoms with Crippen molar-refractivity contribution in [2.45, 2.75) is 55.7 Å². The van der Waals surface area contributed by atoms with E-state index in [1.54, 1.807) is 0 Å². The summed E-state index contributed by atoms with van der Waals surface area (Å²) in [5.74, 6) is -12.4. The molecule has 0 spiro atoms. The van der Waals surface area contributed by atoms with Gasteiger partial charge in [-0.15, -0.1) is 0 Å². The van der Waals surface area contributed by atoms with E-state index < -0.39 is 55.7 Å². The Morgan fingerprint density at radius 2 is 0.655 bits per heavy atom. The molecule has 2 unspecified atom stereocenters. The second-order valence-corrected chi connectivity index (χ2v) is 12.8. The molecular weight excluding hydrogens is 722 g/mol. The second kappa shape index (κ2) is 8.35. The Morgan fingerprint density at radius 3 is 0.793 bits per heavy atom. The summed E-state index contributed by atoms with van der Waals surface area (Å²) in [6.45, 7) is 0. The SMILES string of the molecule is FC(F)(F)CC(Br)(Br)C(F)(OC(F)(C(F)(F)F)C(Br)(Br)CC(F)(F)F)C(F)(F)F. The van der Waals surface area contributed by atoms with Crippen LogP contribution in [0.1, 0.15) is 12.8 Å². The molecule has 0 rings (SSSR count). The van der Waals surface area contributed by atoms with Gasteiger partial charge in [0.15, 0.2) is 6.47 Å². The normalized spacial score (nSPS) is 19.7. The van der Waals surface area contributed by atoms with Gasteiger partial charge in [0.25, 0.3) is 0 Å². The number of ether oxygens (including phenoxy) is 1. The van der Waals surface area contributed by atoms with Crippen LogP contribution in [0.25, 0.3) is 0 Å². The molecule has 1 nitrogen and oxygen atoms in total. The first kappa shape index (κ1) is 29.9. The smallest absolute Gasteiger partial charge is 0.290 e. The van der Waals surface area contributed by atoms with Gasteiger partial charge in [0, 0.05) is 0 Å². The van der Waals surface area contributed by atoms with E-state index in [0.717, 1.165) is 0 Å². The highest BCUT2D eigenvalue weighted by molar-refractivity contribution is 9.25. The fourth-order valence-electron chi connectivity index (χ4n) is 1.60. The first-order valence-corrected chi connectivity index (χ1v) is 9.40. The summed E-state index contributed by atoms with van der Waals surface area (Å²) in [5.41, 5.74) is 0. The summed E-state index contributed by atoms with van der Waals surface area (Å²) in [5, 5.41) is 0. The maximum absolute atomic E-state index is 14.6. The van der Waals surface area contributed by atoms with Crippen LogP contribution in [0.3, 0.4) is 0 Å². The molecule has 19 heteroatoms. The lowest BCUT2D eigenvalue weighted by molar-refractivity contribution is -0.438. The maximum atomic E-state index is 14.6. The Morgan fingerprint density at radius 1 is 0.448 bits per heavy atom. The molecule has 0 amide bonds. The van der Waals surface area contributed by atoms with Crippen LogP contribution in [0.15, 0.2) is 0 Å². The quantitative estimate of drug-likeness (QED) is 0.198. The van der Waals surface area contributed by atoms with Crippen LogP contribution in [-0.4, -0.2) is 42.9 Å². The Balaban J connectivity index is 6.70. The largest absolute Gasteiger partial charge is 0.450 e. The lowest BCUT2D eigenvalue weighted by Crippen LogP contribution is -2.67. The highest BCUT2D eigenvalue weighted by atomic mass is 79.9. The third kappa shape index (κ3) is 6.94. The summed E-state index contributed by atoms with van der Waals surface area (Å²) in [4.78, 5) is 0. The molecule has 0 N–H and O–H groups in total. The molecule has 0 saturated carbocycles. The zero-order valence-corrected chi connectivity index (χ0v) is 19.0. The molecule has 0 fully saturated rings. The third-order valence-electron chi connectivity index (χ3n) is 2.80. The third-order valence-corrected chi connectivity index (χ3v) is 5.96. The summed E-state index contributed by atoms with van der Waals surface area (Å²) >= 11 is 6.05. The average molecular weight is 726 g/mol. The molecular formula is C10H4Br4F14O. The summed E-state index contributed by atoms with van der Waals surface area (Å²) in [6.07, 6.45) is -30.9. The van der Waals surface area contributed by atoms with Crippen LogP contribution in [0.4, 0.5) is 61.5 Å². The van der Waals surface area contributed by atoms with E-state index in [0.29, 0.717) is 0 Å². The van der Waals surface area contributed by atoms with Gasteiger partial charge in [-0.2, -0.15) is 61.5 Å². The zero-order chi connectivity index (χ0) is 24.1. The lowest BCUT2D eigenvalue weighted by atomic mass is 10.1. The van der Waals surface area contributed by atoms with Crippen molar-refractivity contribution in [3.05, 3.63) is 0 Å². The zero-order valence-electron chi connectivity index (χ0n) is 12.6. The lowest BCUT2D eigenvalue weighted by Gasteiger charge is -2.46. The number of alkyl halides is 18. The number of rotatable bonds is 6. The van der Waals surface area contributed by atoms with E-state index in [-0.39, 0.29) is 0 Å². The number of hydrogen-bond acceptors (Lipinski definition) is 1. The number of halogens is 18. The van der Waals surface area contributed by atoms with Crippen molar-refractivity contribution in [1.29, 1.82) is 0 Å². The Bertz CT molecular complexity index is 529. The van der Waals surface area contributed by atoms with Gasteiger partial charge in [0.05, 0.1) is 12.8 Å². The molecule has 0 aliphatic rings. The fourth-order valence-corrected chi connectivity index (χ4v) is 4.10. The monoisotopic (exact) mass is 722 g/mol. The molecule has 0 aliphatic heterocycles. The fraction of sp³-hybridized carbons (Fsp3) is 1.00. The van der Waals surface area contributed by atoms with E-state index >= 15 is 0 Å². The molecule has 0 heterocycles. The van der Waals surface area contributed by atoms with Crippen LogP contribution in [0, 0.1) is 0 Å². The van der Waals surface area contributed by atoms with Crippen molar-refractivity contribution in [2.24, 2.45) is 0 Å². The van der Waals surface area contributed by atoms with Crippen LogP contribution in [-0.2, 0) is 4.74 Å². The standard InChI is InChI=1S/C10H4Br4F14O/c11-3(12,1-5(15,16)17)7(21,9(23,24)25)29-8(22,10(26,27)28)4(13,14)2-6(18,19)20/h1-2H2. The van der Waals surface area contributed by atoms with Gasteiger partial charge in [0.2, 0.25) is 0 Å². The summed E-state index contributed by atoms with van der Waals surface area (Å²) in [7, 11) is 0.